The Hall–Kier alpha value is -2.55. The first-order valence-electron chi connectivity index (χ1n) is 8.99. The molecule has 28 heavy (non-hydrogen) atoms. The molecule has 0 fully saturated rings. The number of fused-ring (bicyclic) bond motifs is 1. The zero-order chi connectivity index (χ0) is 19.7. The van der Waals surface area contributed by atoms with Gasteiger partial charge in [-0.25, -0.2) is 4.98 Å². The fourth-order valence-corrected chi connectivity index (χ4v) is 4.42. The molecule has 0 spiro atoms. The van der Waals surface area contributed by atoms with Crippen molar-refractivity contribution < 1.29 is 9.64 Å². The smallest absolute Gasteiger partial charge is 0.202 e. The molecular weight excluding hydrogens is 390 g/mol. The van der Waals surface area contributed by atoms with E-state index in [9.17, 15) is 0 Å². The first-order valence-corrected chi connectivity index (χ1v) is 10.2. The number of hydrogen-bond donors (Lipinski definition) is 1. The van der Waals surface area contributed by atoms with Crippen LogP contribution in [0.15, 0.2) is 48.5 Å². The number of rotatable bonds is 6. The molecule has 0 aliphatic rings. The third-order valence-electron chi connectivity index (χ3n) is 4.60. The van der Waals surface area contributed by atoms with Gasteiger partial charge >= 0.3 is 0 Å². The zero-order valence-corrected chi connectivity index (χ0v) is 17.7. The number of ether oxygens (including phenoxy) is 1. The summed E-state index contributed by atoms with van der Waals surface area (Å²) in [6, 6.07) is 16.1. The summed E-state index contributed by atoms with van der Waals surface area (Å²) in [6.45, 7) is 1.51. The molecule has 6 nitrogen and oxygen atoms in total. The number of thiazole rings is 1. The van der Waals surface area contributed by atoms with E-state index in [1.165, 1.54) is 9.60 Å². The van der Waals surface area contributed by atoms with E-state index in [4.69, 9.17) is 27.0 Å². The summed E-state index contributed by atoms with van der Waals surface area (Å²) in [4.78, 5) is 6.00. The zero-order valence-electron chi connectivity index (χ0n) is 16.0. The minimum Gasteiger partial charge on any atom is -0.497 e. The first kappa shape index (κ1) is 18.8. The van der Waals surface area contributed by atoms with Crippen LogP contribution >= 0.6 is 23.6 Å². The van der Waals surface area contributed by atoms with Crippen LogP contribution in [-0.2, 0) is 20.3 Å². The van der Waals surface area contributed by atoms with Gasteiger partial charge in [0, 0.05) is 12.6 Å². The molecular formula is C20H22N5OS2+. The number of benzene rings is 2. The minimum absolute atomic E-state index is 0.679. The van der Waals surface area contributed by atoms with Crippen LogP contribution in [0.2, 0.25) is 0 Å². The molecule has 0 saturated carbocycles. The van der Waals surface area contributed by atoms with Gasteiger partial charge in [0.1, 0.15) is 17.3 Å². The van der Waals surface area contributed by atoms with Gasteiger partial charge in [0.05, 0.1) is 24.4 Å². The molecule has 1 N–H and O–H groups in total. The normalized spacial score (nSPS) is 12.4. The average Bonchev–Trinajstić information content (AvgIpc) is 3.23. The van der Waals surface area contributed by atoms with Crippen molar-refractivity contribution in [2.45, 2.75) is 13.2 Å². The second kappa shape index (κ2) is 7.83. The summed E-state index contributed by atoms with van der Waals surface area (Å²) < 4.78 is 11.0. The Kier molecular flexibility index (Phi) is 5.25. The van der Waals surface area contributed by atoms with Crippen molar-refractivity contribution in [2.24, 2.45) is 7.05 Å². The largest absolute Gasteiger partial charge is 0.497 e. The number of nitrogens with one attached hydrogen (secondary N) is 1. The van der Waals surface area contributed by atoms with Gasteiger partial charge < -0.3 is 14.2 Å². The van der Waals surface area contributed by atoms with Crippen LogP contribution in [0.4, 0.5) is 0 Å². The maximum absolute atomic E-state index is 5.61. The summed E-state index contributed by atoms with van der Waals surface area (Å²) >= 11 is 7.35. The van der Waals surface area contributed by atoms with Gasteiger partial charge in [0.25, 0.3) is 0 Å². The Labute approximate surface area is 172 Å². The maximum atomic E-state index is 5.61. The van der Waals surface area contributed by atoms with E-state index >= 15 is 0 Å². The standard InChI is InChI=1S/C20H21N5OS2/c1-23(12-18-21-16-6-4-5-7-17(16)28-18)13-25-20(27)24(2)19(22-25)14-8-10-15(26-3)11-9-14/h4-11H,12-13H2,1-3H3/p+1. The predicted molar refractivity (Wildman–Crippen MR) is 114 cm³/mol. The highest BCUT2D eigenvalue weighted by molar-refractivity contribution is 7.71. The lowest BCUT2D eigenvalue weighted by Gasteiger charge is -2.11. The molecule has 0 amide bonds. The second-order valence-corrected chi connectivity index (χ2v) is 8.24. The predicted octanol–water partition coefficient (Wildman–Crippen LogP) is 2.91. The summed E-state index contributed by atoms with van der Waals surface area (Å²) in [5.41, 5.74) is 2.07. The molecule has 8 heteroatoms. The molecule has 4 aromatic rings. The molecule has 1 unspecified atom stereocenters. The monoisotopic (exact) mass is 412 g/mol. The molecule has 2 aromatic carbocycles. The quantitative estimate of drug-likeness (QED) is 0.495. The molecule has 2 heterocycles. The Balaban J connectivity index is 1.53. The van der Waals surface area contributed by atoms with E-state index in [2.05, 4.69) is 25.2 Å². The highest BCUT2D eigenvalue weighted by Gasteiger charge is 2.15. The van der Waals surface area contributed by atoms with Gasteiger partial charge in [-0.2, -0.15) is 4.68 Å². The fourth-order valence-electron chi connectivity index (χ4n) is 3.15. The lowest BCUT2D eigenvalue weighted by atomic mass is 10.2. The van der Waals surface area contributed by atoms with Crippen molar-refractivity contribution in [3.63, 3.8) is 0 Å². The first-order chi connectivity index (χ1) is 13.5. The highest BCUT2D eigenvalue weighted by atomic mass is 32.1. The summed E-state index contributed by atoms with van der Waals surface area (Å²) in [5.74, 6) is 1.67. The Morgan fingerprint density at radius 1 is 1.14 bits per heavy atom. The second-order valence-electron chi connectivity index (χ2n) is 6.76. The molecule has 4 rings (SSSR count). The van der Waals surface area contributed by atoms with Crippen molar-refractivity contribution in [2.75, 3.05) is 14.2 Å². The Morgan fingerprint density at radius 2 is 1.89 bits per heavy atom. The topological polar surface area (TPSA) is 49.3 Å². The van der Waals surface area contributed by atoms with E-state index in [1.807, 2.05) is 46.6 Å². The van der Waals surface area contributed by atoms with Crippen LogP contribution in [-0.4, -0.2) is 33.5 Å². The molecule has 0 saturated heterocycles. The molecule has 0 radical (unpaired) electrons. The van der Waals surface area contributed by atoms with Gasteiger partial charge in [-0.15, -0.1) is 16.4 Å². The van der Waals surface area contributed by atoms with Crippen LogP contribution in [0, 0.1) is 4.77 Å². The van der Waals surface area contributed by atoms with Crippen molar-refractivity contribution in [3.05, 3.63) is 58.3 Å². The number of aromatic nitrogens is 4. The van der Waals surface area contributed by atoms with Crippen LogP contribution in [0.25, 0.3) is 21.6 Å². The van der Waals surface area contributed by atoms with Gasteiger partial charge in [0.2, 0.25) is 4.77 Å². The highest BCUT2D eigenvalue weighted by Crippen LogP contribution is 2.22. The van der Waals surface area contributed by atoms with Crippen molar-refractivity contribution in [1.82, 2.24) is 19.3 Å². The molecule has 144 valence electrons. The third-order valence-corrected chi connectivity index (χ3v) is 6.12. The van der Waals surface area contributed by atoms with Gasteiger partial charge in [-0.3, -0.25) is 0 Å². The number of methoxy groups -OCH3 is 1. The molecule has 0 bridgehead atoms. The SMILES string of the molecule is COc1ccc(-c2nn(C[NH+](C)Cc3nc4ccccc4s3)c(=S)n2C)cc1. The van der Waals surface area contributed by atoms with E-state index < -0.39 is 0 Å². The maximum Gasteiger partial charge on any atom is 0.202 e. The number of nitrogens with zero attached hydrogens (tertiary/aromatic N) is 4. The lowest BCUT2D eigenvalue weighted by molar-refractivity contribution is -0.917. The van der Waals surface area contributed by atoms with Crippen LogP contribution in [0.5, 0.6) is 5.75 Å². The van der Waals surface area contributed by atoms with Crippen LogP contribution < -0.4 is 9.64 Å². The molecule has 0 aliphatic heterocycles. The van der Waals surface area contributed by atoms with Crippen molar-refractivity contribution >= 4 is 33.8 Å². The van der Waals surface area contributed by atoms with E-state index in [0.29, 0.717) is 11.4 Å². The lowest BCUT2D eigenvalue weighted by Crippen LogP contribution is -3.07. The minimum atomic E-state index is 0.679. The molecule has 0 aliphatic carbocycles. The average molecular weight is 413 g/mol. The van der Waals surface area contributed by atoms with Gasteiger partial charge in [-0.1, -0.05) is 12.1 Å². The Bertz CT molecular complexity index is 1130. The third kappa shape index (κ3) is 3.71. The van der Waals surface area contributed by atoms with Crippen LogP contribution in [0.1, 0.15) is 5.01 Å². The summed E-state index contributed by atoms with van der Waals surface area (Å²) in [7, 11) is 5.75. The van der Waals surface area contributed by atoms with Gasteiger partial charge in [0.15, 0.2) is 12.5 Å². The van der Waals surface area contributed by atoms with Gasteiger partial charge in [-0.05, 0) is 48.6 Å². The van der Waals surface area contributed by atoms with Crippen molar-refractivity contribution in [3.8, 4) is 17.1 Å². The number of para-hydroxylation sites is 1. The fraction of sp³-hybridized carbons (Fsp3) is 0.250. The van der Waals surface area contributed by atoms with E-state index in [1.54, 1.807) is 18.4 Å². The Morgan fingerprint density at radius 3 is 2.61 bits per heavy atom. The number of quaternary nitrogens is 1. The van der Waals surface area contributed by atoms with E-state index in [-0.39, 0.29) is 0 Å². The van der Waals surface area contributed by atoms with E-state index in [0.717, 1.165) is 34.2 Å². The van der Waals surface area contributed by atoms with Crippen LogP contribution in [0.3, 0.4) is 0 Å². The van der Waals surface area contributed by atoms with Crippen molar-refractivity contribution in [1.29, 1.82) is 0 Å². The number of hydrogen-bond acceptors (Lipinski definition) is 5. The summed E-state index contributed by atoms with van der Waals surface area (Å²) in [5, 5.41) is 5.88. The molecule has 2 aromatic heterocycles. The molecule has 1 atom stereocenters. The summed E-state index contributed by atoms with van der Waals surface area (Å²) in [6.07, 6.45) is 0.